The van der Waals surface area contributed by atoms with Gasteiger partial charge in [-0.3, -0.25) is 4.79 Å². The van der Waals surface area contributed by atoms with Gasteiger partial charge in [-0.2, -0.15) is 0 Å². The summed E-state index contributed by atoms with van der Waals surface area (Å²) in [5, 5.41) is 0. The molecule has 0 aromatic heterocycles. The first kappa shape index (κ1) is 19.0. The Hall–Kier alpha value is -2.32. The van der Waals surface area contributed by atoms with E-state index in [1.165, 1.54) is 0 Å². The normalized spacial score (nSPS) is 11.3. The summed E-state index contributed by atoms with van der Waals surface area (Å²) in [4.78, 5) is 11.0. The fourth-order valence-corrected chi connectivity index (χ4v) is 3.15. The first-order chi connectivity index (χ1) is 11.9. The second kappa shape index (κ2) is 8.68. The fourth-order valence-electron chi connectivity index (χ4n) is 2.02. The lowest BCUT2D eigenvalue weighted by Gasteiger charge is -2.08. The third-order valence-electron chi connectivity index (χ3n) is 3.28. The maximum Gasteiger partial charge on any atom is 0.306 e. The number of carbonyl (C=O) groups excluding carboxylic acids is 1. The molecule has 0 atom stereocenters. The third-order valence-corrected chi connectivity index (χ3v) is 4.77. The summed E-state index contributed by atoms with van der Waals surface area (Å²) < 4.78 is 57.4. The van der Waals surface area contributed by atoms with Crippen LogP contribution in [0.1, 0.15) is 18.4 Å². The summed E-state index contributed by atoms with van der Waals surface area (Å²) in [6, 6.07) is 11.3. The van der Waals surface area contributed by atoms with E-state index in [9.17, 15) is 22.0 Å². The van der Waals surface area contributed by atoms with E-state index in [1.54, 1.807) is 0 Å². The number of rotatable bonds is 8. The van der Waals surface area contributed by atoms with Gasteiger partial charge in [0, 0.05) is 19.0 Å². The predicted molar refractivity (Wildman–Crippen MR) is 87.0 cm³/mol. The SMILES string of the molecule is O=C(CCCNS(=O)(=O)c1ccc(F)cc1F)OCc1ccccc1. The molecule has 8 heteroatoms. The van der Waals surface area contributed by atoms with Crippen LogP contribution in [0.25, 0.3) is 0 Å². The molecule has 0 radical (unpaired) electrons. The zero-order chi connectivity index (χ0) is 18.3. The highest BCUT2D eigenvalue weighted by molar-refractivity contribution is 7.89. The van der Waals surface area contributed by atoms with Crippen molar-refractivity contribution in [2.75, 3.05) is 6.54 Å². The molecule has 0 aliphatic heterocycles. The molecule has 0 amide bonds. The van der Waals surface area contributed by atoms with Crippen LogP contribution in [-0.2, 0) is 26.2 Å². The second-order valence-corrected chi connectivity index (χ2v) is 6.96. The van der Waals surface area contributed by atoms with E-state index in [-0.39, 0.29) is 26.0 Å². The molecule has 0 saturated heterocycles. The van der Waals surface area contributed by atoms with Crippen LogP contribution in [-0.4, -0.2) is 20.9 Å². The van der Waals surface area contributed by atoms with Gasteiger partial charge in [0.1, 0.15) is 23.1 Å². The van der Waals surface area contributed by atoms with Gasteiger partial charge in [0.05, 0.1) is 0 Å². The van der Waals surface area contributed by atoms with Gasteiger partial charge in [-0.05, 0) is 24.1 Å². The minimum Gasteiger partial charge on any atom is -0.461 e. The first-order valence-electron chi connectivity index (χ1n) is 7.53. The summed E-state index contributed by atoms with van der Waals surface area (Å²) in [7, 11) is -4.10. The topological polar surface area (TPSA) is 72.5 Å². The minimum atomic E-state index is -4.10. The molecule has 0 bridgehead atoms. The van der Waals surface area contributed by atoms with Crippen molar-refractivity contribution in [2.45, 2.75) is 24.3 Å². The molecule has 0 aliphatic carbocycles. The van der Waals surface area contributed by atoms with Crippen LogP contribution >= 0.6 is 0 Å². The average Bonchev–Trinajstić information content (AvgIpc) is 2.57. The molecule has 0 fully saturated rings. The van der Waals surface area contributed by atoms with Crippen LogP contribution in [0.2, 0.25) is 0 Å². The van der Waals surface area contributed by atoms with Crippen molar-refractivity contribution in [3.05, 3.63) is 65.7 Å². The van der Waals surface area contributed by atoms with Crippen molar-refractivity contribution in [2.24, 2.45) is 0 Å². The lowest BCUT2D eigenvalue weighted by molar-refractivity contribution is -0.145. The molecular weight excluding hydrogens is 352 g/mol. The van der Waals surface area contributed by atoms with E-state index >= 15 is 0 Å². The van der Waals surface area contributed by atoms with E-state index in [2.05, 4.69) is 4.72 Å². The Morgan fingerprint density at radius 2 is 1.80 bits per heavy atom. The Labute approximate surface area is 144 Å². The lowest BCUT2D eigenvalue weighted by Crippen LogP contribution is -2.26. The molecule has 0 unspecified atom stereocenters. The number of benzene rings is 2. The molecule has 25 heavy (non-hydrogen) atoms. The van der Waals surface area contributed by atoms with Gasteiger partial charge in [0.2, 0.25) is 10.0 Å². The highest BCUT2D eigenvalue weighted by atomic mass is 32.2. The van der Waals surface area contributed by atoms with Gasteiger partial charge in [-0.15, -0.1) is 0 Å². The molecule has 0 aliphatic rings. The zero-order valence-corrected chi connectivity index (χ0v) is 14.1. The Bertz CT molecular complexity index is 826. The highest BCUT2D eigenvalue weighted by Crippen LogP contribution is 2.15. The summed E-state index contributed by atoms with van der Waals surface area (Å²) in [5.74, 6) is -2.50. The monoisotopic (exact) mass is 369 g/mol. The van der Waals surface area contributed by atoms with E-state index in [0.29, 0.717) is 6.07 Å². The number of sulfonamides is 1. The summed E-state index contributed by atoms with van der Waals surface area (Å²) in [6.07, 6.45) is 0.205. The summed E-state index contributed by atoms with van der Waals surface area (Å²) >= 11 is 0. The number of carbonyl (C=O) groups is 1. The van der Waals surface area contributed by atoms with Gasteiger partial charge in [0.15, 0.2) is 0 Å². The first-order valence-corrected chi connectivity index (χ1v) is 9.01. The van der Waals surface area contributed by atoms with Gasteiger partial charge < -0.3 is 4.74 Å². The van der Waals surface area contributed by atoms with Crippen molar-refractivity contribution in [3.63, 3.8) is 0 Å². The van der Waals surface area contributed by atoms with Gasteiger partial charge in [-0.1, -0.05) is 30.3 Å². The highest BCUT2D eigenvalue weighted by Gasteiger charge is 2.19. The van der Waals surface area contributed by atoms with Crippen LogP contribution in [0.3, 0.4) is 0 Å². The summed E-state index contributed by atoms with van der Waals surface area (Å²) in [5.41, 5.74) is 0.850. The molecular formula is C17H17F2NO4S. The second-order valence-electron chi connectivity index (χ2n) is 5.22. The van der Waals surface area contributed by atoms with E-state index in [4.69, 9.17) is 4.74 Å². The van der Waals surface area contributed by atoms with Crippen LogP contribution in [0.4, 0.5) is 8.78 Å². The molecule has 0 heterocycles. The van der Waals surface area contributed by atoms with Crippen LogP contribution in [0, 0.1) is 11.6 Å². The van der Waals surface area contributed by atoms with E-state index < -0.39 is 32.5 Å². The quantitative estimate of drug-likeness (QED) is 0.574. The lowest BCUT2D eigenvalue weighted by atomic mass is 10.2. The van der Waals surface area contributed by atoms with Crippen molar-refractivity contribution in [1.82, 2.24) is 4.72 Å². The number of esters is 1. The van der Waals surface area contributed by atoms with Gasteiger partial charge >= 0.3 is 5.97 Å². The van der Waals surface area contributed by atoms with E-state index in [1.807, 2.05) is 30.3 Å². The zero-order valence-electron chi connectivity index (χ0n) is 13.2. The van der Waals surface area contributed by atoms with Crippen LogP contribution in [0.15, 0.2) is 53.4 Å². The average molecular weight is 369 g/mol. The van der Waals surface area contributed by atoms with Crippen molar-refractivity contribution >= 4 is 16.0 Å². The minimum absolute atomic E-state index is 0.0151. The van der Waals surface area contributed by atoms with Crippen molar-refractivity contribution in [1.29, 1.82) is 0 Å². The number of hydrogen-bond acceptors (Lipinski definition) is 4. The molecule has 1 N–H and O–H groups in total. The largest absolute Gasteiger partial charge is 0.461 e. The Balaban J connectivity index is 1.75. The summed E-state index contributed by atoms with van der Waals surface area (Å²) in [6.45, 7) is 0.0752. The van der Waals surface area contributed by atoms with Crippen LogP contribution < -0.4 is 4.72 Å². The molecule has 2 aromatic carbocycles. The maximum atomic E-state index is 13.5. The number of hydrogen-bond donors (Lipinski definition) is 1. The van der Waals surface area contributed by atoms with E-state index in [0.717, 1.165) is 17.7 Å². The van der Waals surface area contributed by atoms with Crippen LogP contribution in [0.5, 0.6) is 0 Å². The predicted octanol–water partition coefficient (Wildman–Crippen LogP) is 2.77. The molecule has 5 nitrogen and oxygen atoms in total. The Morgan fingerprint density at radius 3 is 2.48 bits per heavy atom. The maximum absolute atomic E-state index is 13.5. The Morgan fingerprint density at radius 1 is 1.08 bits per heavy atom. The third kappa shape index (κ3) is 5.91. The number of ether oxygens (including phenoxy) is 1. The van der Waals surface area contributed by atoms with Gasteiger partial charge in [-0.25, -0.2) is 21.9 Å². The molecule has 2 rings (SSSR count). The van der Waals surface area contributed by atoms with Crippen molar-refractivity contribution < 1.29 is 26.7 Å². The number of halogens is 2. The molecule has 2 aromatic rings. The number of nitrogens with one attached hydrogen (secondary N) is 1. The standard InChI is InChI=1S/C17H17F2NO4S/c18-14-8-9-16(15(19)11-14)25(22,23)20-10-4-7-17(21)24-12-13-5-2-1-3-6-13/h1-3,5-6,8-9,11,20H,4,7,10,12H2. The van der Waals surface area contributed by atoms with Gasteiger partial charge in [0.25, 0.3) is 0 Å². The molecule has 0 saturated carbocycles. The Kier molecular flexibility index (Phi) is 6.60. The van der Waals surface area contributed by atoms with Crippen molar-refractivity contribution in [3.8, 4) is 0 Å². The smallest absolute Gasteiger partial charge is 0.306 e. The fraction of sp³-hybridized carbons (Fsp3) is 0.235. The molecule has 0 spiro atoms. The molecule has 134 valence electrons.